The Bertz CT molecular complexity index is 1040. The molecule has 0 radical (unpaired) electrons. The minimum Gasteiger partial charge on any atom is -0.489 e. The highest BCUT2D eigenvalue weighted by atomic mass is 16.5. The molecule has 1 atom stereocenters. The van der Waals surface area contributed by atoms with Crippen LogP contribution in [0.5, 0.6) is 5.75 Å². The molecule has 0 saturated carbocycles. The van der Waals surface area contributed by atoms with Crippen molar-refractivity contribution in [3.63, 3.8) is 0 Å². The van der Waals surface area contributed by atoms with E-state index in [9.17, 15) is 4.79 Å². The van der Waals surface area contributed by atoms with E-state index in [1.165, 1.54) is 12.7 Å². The van der Waals surface area contributed by atoms with Crippen LogP contribution in [0.1, 0.15) is 67.1 Å². The Kier molecular flexibility index (Phi) is 9.92. The van der Waals surface area contributed by atoms with Gasteiger partial charge in [0.1, 0.15) is 12.4 Å². The molecule has 0 aliphatic heterocycles. The molecule has 3 aromatic carbocycles. The minimum absolute atomic E-state index is 0.188. The van der Waals surface area contributed by atoms with Crippen molar-refractivity contribution in [1.29, 1.82) is 0 Å². The molecule has 0 fully saturated rings. The molecule has 0 heterocycles. The zero-order chi connectivity index (χ0) is 25.2. The highest BCUT2D eigenvalue weighted by molar-refractivity contribution is 5.89. The third-order valence-electron chi connectivity index (χ3n) is 6.50. The minimum atomic E-state index is -0.328. The van der Waals surface area contributed by atoms with E-state index in [1.54, 1.807) is 6.07 Å². The quantitative estimate of drug-likeness (QED) is 0.269. The van der Waals surface area contributed by atoms with Gasteiger partial charge in [-0.25, -0.2) is 4.79 Å². The monoisotopic (exact) mass is 473 g/mol. The Morgan fingerprint density at radius 1 is 0.829 bits per heavy atom. The molecule has 3 aromatic rings. The van der Waals surface area contributed by atoms with Gasteiger partial charge < -0.3 is 9.47 Å². The van der Waals surface area contributed by atoms with Gasteiger partial charge in [0.05, 0.1) is 12.7 Å². The maximum atomic E-state index is 12.4. The molecule has 0 spiro atoms. The lowest BCUT2D eigenvalue weighted by atomic mass is 9.87. The van der Waals surface area contributed by atoms with Gasteiger partial charge in [0.15, 0.2) is 0 Å². The Labute approximate surface area is 210 Å². The molecule has 4 nitrogen and oxygen atoms in total. The summed E-state index contributed by atoms with van der Waals surface area (Å²) >= 11 is 0. The van der Waals surface area contributed by atoms with E-state index < -0.39 is 0 Å². The summed E-state index contributed by atoms with van der Waals surface area (Å²) in [4.78, 5) is 14.9. The number of hydrogen-bond donors (Lipinski definition) is 0. The summed E-state index contributed by atoms with van der Waals surface area (Å²) in [6.07, 6.45) is 1.83. The third-order valence-corrected chi connectivity index (χ3v) is 6.50. The molecule has 0 saturated heterocycles. The molecule has 35 heavy (non-hydrogen) atoms. The maximum absolute atomic E-state index is 12.4. The van der Waals surface area contributed by atoms with Crippen molar-refractivity contribution in [3.8, 4) is 5.75 Å². The van der Waals surface area contributed by atoms with Crippen molar-refractivity contribution in [3.05, 3.63) is 101 Å². The second-order valence-electron chi connectivity index (χ2n) is 9.62. The molecular formula is C31H39NO3. The molecule has 0 aromatic heterocycles. The van der Waals surface area contributed by atoms with E-state index in [0.717, 1.165) is 36.3 Å². The van der Waals surface area contributed by atoms with Crippen LogP contribution in [-0.4, -0.2) is 36.6 Å². The summed E-state index contributed by atoms with van der Waals surface area (Å²) in [7, 11) is 1.42. The molecule has 0 bridgehead atoms. The van der Waals surface area contributed by atoms with Crippen molar-refractivity contribution in [2.75, 3.05) is 13.7 Å². The largest absolute Gasteiger partial charge is 0.489 e. The lowest BCUT2D eigenvalue weighted by Gasteiger charge is -2.32. The number of carbonyl (C=O) groups excluding carboxylic acids is 1. The first-order valence-electron chi connectivity index (χ1n) is 12.6. The van der Waals surface area contributed by atoms with Gasteiger partial charge in [0.25, 0.3) is 0 Å². The molecule has 4 heteroatoms. The molecular weight excluding hydrogens is 434 g/mol. The van der Waals surface area contributed by atoms with Gasteiger partial charge in [-0.2, -0.15) is 0 Å². The standard InChI is InChI=1S/C31H39NO3/c1-23(2)32(24(3)4)19-18-27(20-25-12-8-6-9-13-25)29-21-28(31(33)34-5)16-17-30(29)35-22-26-14-10-7-11-15-26/h6-17,21,23-24,27H,18-20,22H2,1-5H3. The van der Waals surface area contributed by atoms with E-state index in [4.69, 9.17) is 9.47 Å². The van der Waals surface area contributed by atoms with Crippen LogP contribution in [0.4, 0.5) is 0 Å². The number of methoxy groups -OCH3 is 1. The van der Waals surface area contributed by atoms with Crippen molar-refractivity contribution in [2.24, 2.45) is 0 Å². The summed E-state index contributed by atoms with van der Waals surface area (Å²) in [5.74, 6) is 0.682. The van der Waals surface area contributed by atoms with Crippen LogP contribution < -0.4 is 4.74 Å². The van der Waals surface area contributed by atoms with Crippen molar-refractivity contribution in [2.45, 2.75) is 65.1 Å². The summed E-state index contributed by atoms with van der Waals surface area (Å²) < 4.78 is 11.4. The molecule has 3 rings (SSSR count). The second kappa shape index (κ2) is 13.1. The highest BCUT2D eigenvalue weighted by Crippen LogP contribution is 2.34. The smallest absolute Gasteiger partial charge is 0.337 e. The molecule has 0 amide bonds. The molecule has 1 unspecified atom stereocenters. The van der Waals surface area contributed by atoms with Crippen LogP contribution in [0.15, 0.2) is 78.9 Å². The van der Waals surface area contributed by atoms with Crippen molar-refractivity contribution in [1.82, 2.24) is 4.90 Å². The fraction of sp³-hybridized carbons (Fsp3) is 0.387. The summed E-state index contributed by atoms with van der Waals surface area (Å²) in [5, 5.41) is 0. The lowest BCUT2D eigenvalue weighted by molar-refractivity contribution is 0.0600. The van der Waals surface area contributed by atoms with Crippen LogP contribution in [0, 0.1) is 0 Å². The Morgan fingerprint density at radius 3 is 2.00 bits per heavy atom. The first-order valence-corrected chi connectivity index (χ1v) is 12.6. The van der Waals surface area contributed by atoms with Crippen LogP contribution in [0.3, 0.4) is 0 Å². The van der Waals surface area contributed by atoms with Gasteiger partial charge in [-0.3, -0.25) is 4.90 Å². The Balaban J connectivity index is 1.97. The second-order valence-corrected chi connectivity index (χ2v) is 9.62. The van der Waals surface area contributed by atoms with Gasteiger partial charge in [-0.15, -0.1) is 0 Å². The van der Waals surface area contributed by atoms with Gasteiger partial charge in [0.2, 0.25) is 0 Å². The number of esters is 1. The molecule has 186 valence electrons. The SMILES string of the molecule is COC(=O)c1ccc(OCc2ccccc2)c(C(CCN(C(C)C)C(C)C)Cc2ccccc2)c1. The van der Waals surface area contributed by atoms with Gasteiger partial charge in [-0.1, -0.05) is 60.7 Å². The van der Waals surface area contributed by atoms with E-state index >= 15 is 0 Å². The zero-order valence-corrected chi connectivity index (χ0v) is 21.7. The predicted octanol–water partition coefficient (Wildman–Crippen LogP) is 6.89. The third kappa shape index (κ3) is 7.69. The first kappa shape index (κ1) is 26.5. The zero-order valence-electron chi connectivity index (χ0n) is 21.7. The number of nitrogens with zero attached hydrogens (tertiary/aromatic N) is 1. The summed E-state index contributed by atoms with van der Waals surface area (Å²) in [6, 6.07) is 27.3. The molecule has 0 aliphatic rings. The fourth-order valence-corrected chi connectivity index (χ4v) is 4.66. The van der Waals surface area contributed by atoms with Gasteiger partial charge in [-0.05, 0) is 87.9 Å². The van der Waals surface area contributed by atoms with E-state index in [-0.39, 0.29) is 11.9 Å². The first-order chi connectivity index (χ1) is 16.9. The van der Waals surface area contributed by atoms with Crippen molar-refractivity contribution < 1.29 is 14.3 Å². The fourth-order valence-electron chi connectivity index (χ4n) is 4.66. The van der Waals surface area contributed by atoms with E-state index in [1.807, 2.05) is 36.4 Å². The summed E-state index contributed by atoms with van der Waals surface area (Å²) in [5.41, 5.74) is 3.99. The lowest BCUT2D eigenvalue weighted by Crippen LogP contribution is -2.38. The number of rotatable bonds is 12. The van der Waals surface area contributed by atoms with Crippen LogP contribution >= 0.6 is 0 Å². The Hall–Kier alpha value is -3.11. The maximum Gasteiger partial charge on any atom is 0.337 e. The highest BCUT2D eigenvalue weighted by Gasteiger charge is 2.22. The number of hydrogen-bond acceptors (Lipinski definition) is 4. The Morgan fingerprint density at radius 2 is 1.43 bits per heavy atom. The topological polar surface area (TPSA) is 38.8 Å². The van der Waals surface area contributed by atoms with Crippen LogP contribution in [0.25, 0.3) is 0 Å². The van der Waals surface area contributed by atoms with E-state index in [0.29, 0.717) is 24.3 Å². The number of carbonyl (C=O) groups is 1. The number of ether oxygens (including phenoxy) is 2. The molecule has 0 aliphatic carbocycles. The normalized spacial score (nSPS) is 12.2. The average molecular weight is 474 g/mol. The van der Waals surface area contributed by atoms with Crippen LogP contribution in [-0.2, 0) is 17.8 Å². The van der Waals surface area contributed by atoms with Crippen LogP contribution in [0.2, 0.25) is 0 Å². The van der Waals surface area contributed by atoms with E-state index in [2.05, 4.69) is 69.0 Å². The number of benzene rings is 3. The van der Waals surface area contributed by atoms with Crippen molar-refractivity contribution >= 4 is 5.97 Å². The summed E-state index contributed by atoms with van der Waals surface area (Å²) in [6.45, 7) is 10.4. The average Bonchev–Trinajstić information content (AvgIpc) is 2.87. The predicted molar refractivity (Wildman–Crippen MR) is 143 cm³/mol. The van der Waals surface area contributed by atoms with Gasteiger partial charge >= 0.3 is 5.97 Å². The molecule has 0 N–H and O–H groups in total. The van der Waals surface area contributed by atoms with Gasteiger partial charge in [0, 0.05) is 12.1 Å².